The number of hydrogen-bond donors (Lipinski definition) is 0. The number of allylic oxidation sites excluding steroid dienone is 8. The van der Waals surface area contributed by atoms with E-state index >= 15 is 0 Å². The van der Waals surface area contributed by atoms with Gasteiger partial charge in [-0.1, -0.05) is 217 Å². The molecule has 354 valence electrons. The molecule has 6 nitrogen and oxygen atoms in total. The minimum Gasteiger partial charge on any atom is -0.462 e. The molecule has 0 radical (unpaired) electrons. The molecule has 0 fully saturated rings. The molecule has 6 heteroatoms. The van der Waals surface area contributed by atoms with E-state index in [1.165, 1.54) is 128 Å². The van der Waals surface area contributed by atoms with Crippen molar-refractivity contribution >= 4 is 17.9 Å². The second-order valence-corrected chi connectivity index (χ2v) is 17.4. The molecule has 1 unspecified atom stereocenters. The van der Waals surface area contributed by atoms with Crippen LogP contribution in [0.4, 0.5) is 0 Å². The topological polar surface area (TPSA) is 78.9 Å². The first-order valence-corrected chi connectivity index (χ1v) is 26.1. The average Bonchev–Trinajstić information content (AvgIpc) is 3.26. The van der Waals surface area contributed by atoms with Crippen LogP contribution in [0.5, 0.6) is 0 Å². The number of ether oxygens (including phenoxy) is 3. The van der Waals surface area contributed by atoms with Crippen molar-refractivity contribution in [1.82, 2.24) is 0 Å². The Bertz CT molecular complexity index is 1070. The van der Waals surface area contributed by atoms with Gasteiger partial charge in [0, 0.05) is 19.3 Å². The lowest BCUT2D eigenvalue weighted by atomic mass is 10.1. The molecule has 0 bridgehead atoms. The molecule has 0 heterocycles. The fourth-order valence-corrected chi connectivity index (χ4v) is 7.39. The molecule has 0 aliphatic rings. The van der Waals surface area contributed by atoms with Crippen molar-refractivity contribution in [2.45, 2.75) is 271 Å². The fourth-order valence-electron chi connectivity index (χ4n) is 7.39. The van der Waals surface area contributed by atoms with Gasteiger partial charge in [-0.3, -0.25) is 14.4 Å². The van der Waals surface area contributed by atoms with E-state index in [0.717, 1.165) is 96.3 Å². The zero-order chi connectivity index (χ0) is 44.4. The lowest BCUT2D eigenvalue weighted by Crippen LogP contribution is -2.30. The summed E-state index contributed by atoms with van der Waals surface area (Å²) in [4.78, 5) is 37.8. The molecule has 0 rings (SSSR count). The van der Waals surface area contributed by atoms with Crippen LogP contribution in [0.3, 0.4) is 0 Å². The van der Waals surface area contributed by atoms with Gasteiger partial charge < -0.3 is 14.2 Å². The third kappa shape index (κ3) is 48.3. The van der Waals surface area contributed by atoms with Crippen LogP contribution in [-0.4, -0.2) is 37.2 Å². The predicted molar refractivity (Wildman–Crippen MR) is 261 cm³/mol. The van der Waals surface area contributed by atoms with Crippen LogP contribution in [0.15, 0.2) is 48.6 Å². The SMILES string of the molecule is CC/C=C\C/C=C\C/C=C\CCCCCCCC(=O)OC(COC(=O)CCCCCCCCC)COC(=O)CCCCCCCCCCC/C=C\CCCCCCCCCC. The number of carbonyl (C=O) groups excluding carboxylic acids is 3. The van der Waals surface area contributed by atoms with E-state index in [4.69, 9.17) is 14.2 Å². The van der Waals surface area contributed by atoms with Gasteiger partial charge >= 0.3 is 17.9 Å². The van der Waals surface area contributed by atoms with Crippen molar-refractivity contribution in [3.63, 3.8) is 0 Å². The Morgan fingerprint density at radius 3 is 1.02 bits per heavy atom. The fraction of sp³-hybridized carbons (Fsp3) is 0.800. The summed E-state index contributed by atoms with van der Waals surface area (Å²) >= 11 is 0. The zero-order valence-electron chi connectivity index (χ0n) is 40.4. The molecule has 0 spiro atoms. The monoisotopic (exact) mass is 855 g/mol. The van der Waals surface area contributed by atoms with Crippen molar-refractivity contribution in [2.75, 3.05) is 13.2 Å². The maximum absolute atomic E-state index is 12.7. The number of carbonyl (C=O) groups is 3. The molecule has 1 atom stereocenters. The standard InChI is InChI=1S/C55H98O6/c1-4-7-10-13-16-18-20-22-24-25-26-27-28-29-31-32-34-36-39-42-45-48-54(57)60-51-52(50-59-53(56)47-44-41-38-15-12-9-6-3)61-55(58)49-46-43-40-37-35-33-30-23-21-19-17-14-11-8-5-2/h8,11,17,19,23,25-26,30,52H,4-7,9-10,12-16,18,20-22,24,27-29,31-51H2,1-3H3/b11-8-,19-17-,26-25-,30-23-. The Hall–Kier alpha value is -2.63. The van der Waals surface area contributed by atoms with E-state index in [1.54, 1.807) is 0 Å². The van der Waals surface area contributed by atoms with Gasteiger partial charge in [0.1, 0.15) is 13.2 Å². The smallest absolute Gasteiger partial charge is 0.306 e. The first kappa shape index (κ1) is 58.4. The van der Waals surface area contributed by atoms with E-state index in [-0.39, 0.29) is 31.1 Å². The third-order valence-corrected chi connectivity index (χ3v) is 11.3. The minimum atomic E-state index is -0.778. The largest absolute Gasteiger partial charge is 0.462 e. The Balaban J connectivity index is 4.22. The van der Waals surface area contributed by atoms with E-state index in [1.807, 2.05) is 0 Å². The molecule has 0 amide bonds. The van der Waals surface area contributed by atoms with Crippen molar-refractivity contribution in [1.29, 1.82) is 0 Å². The molecular weight excluding hydrogens is 757 g/mol. The Kier molecular flexibility index (Phi) is 47.9. The zero-order valence-corrected chi connectivity index (χ0v) is 40.4. The lowest BCUT2D eigenvalue weighted by Gasteiger charge is -2.18. The van der Waals surface area contributed by atoms with E-state index in [2.05, 4.69) is 69.4 Å². The van der Waals surface area contributed by atoms with Gasteiger partial charge in [-0.05, 0) is 77.0 Å². The van der Waals surface area contributed by atoms with Gasteiger partial charge in [0.05, 0.1) is 0 Å². The van der Waals surface area contributed by atoms with Gasteiger partial charge in [0.2, 0.25) is 0 Å². The van der Waals surface area contributed by atoms with Crippen LogP contribution in [0, 0.1) is 0 Å². The van der Waals surface area contributed by atoms with Crippen molar-refractivity contribution in [3.05, 3.63) is 48.6 Å². The quantitative estimate of drug-likeness (QED) is 0.0263. The van der Waals surface area contributed by atoms with Gasteiger partial charge in [0.15, 0.2) is 6.10 Å². The molecule has 0 aliphatic carbocycles. The van der Waals surface area contributed by atoms with Crippen molar-refractivity contribution in [3.8, 4) is 0 Å². The summed E-state index contributed by atoms with van der Waals surface area (Å²) in [6.45, 7) is 6.48. The Labute approximate surface area is 378 Å². The average molecular weight is 855 g/mol. The molecule has 0 aromatic heterocycles. The lowest BCUT2D eigenvalue weighted by molar-refractivity contribution is -0.167. The first-order valence-electron chi connectivity index (χ1n) is 26.1. The molecule has 0 aromatic carbocycles. The highest BCUT2D eigenvalue weighted by Crippen LogP contribution is 2.15. The number of unbranched alkanes of at least 4 members (excludes halogenated alkanes) is 28. The molecule has 61 heavy (non-hydrogen) atoms. The molecule has 0 aromatic rings. The van der Waals surface area contributed by atoms with Gasteiger partial charge in [-0.15, -0.1) is 0 Å². The number of hydrogen-bond acceptors (Lipinski definition) is 6. The minimum absolute atomic E-state index is 0.0797. The van der Waals surface area contributed by atoms with Gasteiger partial charge in [0.25, 0.3) is 0 Å². The van der Waals surface area contributed by atoms with Crippen LogP contribution in [0.25, 0.3) is 0 Å². The summed E-state index contributed by atoms with van der Waals surface area (Å²) in [7, 11) is 0. The summed E-state index contributed by atoms with van der Waals surface area (Å²) in [5, 5.41) is 0. The van der Waals surface area contributed by atoms with Crippen LogP contribution in [-0.2, 0) is 28.6 Å². The summed E-state index contributed by atoms with van der Waals surface area (Å²) in [6.07, 6.45) is 59.7. The van der Waals surface area contributed by atoms with E-state index in [9.17, 15) is 14.4 Å². The maximum Gasteiger partial charge on any atom is 0.306 e. The number of esters is 3. The molecule has 0 aliphatic heterocycles. The number of rotatable bonds is 47. The van der Waals surface area contributed by atoms with Crippen LogP contribution < -0.4 is 0 Å². The first-order chi connectivity index (χ1) is 30.0. The second kappa shape index (κ2) is 50.0. The molecule has 0 saturated carbocycles. The van der Waals surface area contributed by atoms with E-state index in [0.29, 0.717) is 19.3 Å². The highest BCUT2D eigenvalue weighted by atomic mass is 16.6. The summed E-state index contributed by atoms with van der Waals surface area (Å²) in [6, 6.07) is 0. The molecule has 0 N–H and O–H groups in total. The predicted octanol–water partition coefficient (Wildman–Crippen LogP) is 17.1. The molecular formula is C55H98O6. The summed E-state index contributed by atoms with van der Waals surface area (Å²) < 4.78 is 16.7. The highest BCUT2D eigenvalue weighted by molar-refractivity contribution is 5.71. The van der Waals surface area contributed by atoms with E-state index < -0.39 is 6.10 Å². The Morgan fingerprint density at radius 1 is 0.344 bits per heavy atom. The normalized spacial score (nSPS) is 12.4. The highest BCUT2D eigenvalue weighted by Gasteiger charge is 2.19. The second-order valence-electron chi connectivity index (χ2n) is 17.4. The summed E-state index contributed by atoms with van der Waals surface area (Å²) in [5.74, 6) is -0.899. The van der Waals surface area contributed by atoms with Gasteiger partial charge in [-0.2, -0.15) is 0 Å². The maximum atomic E-state index is 12.7. The van der Waals surface area contributed by atoms with Crippen LogP contribution in [0.1, 0.15) is 265 Å². The van der Waals surface area contributed by atoms with Gasteiger partial charge in [-0.25, -0.2) is 0 Å². The Morgan fingerprint density at radius 2 is 0.639 bits per heavy atom. The summed E-state index contributed by atoms with van der Waals surface area (Å²) in [5.41, 5.74) is 0. The van der Waals surface area contributed by atoms with Crippen LogP contribution in [0.2, 0.25) is 0 Å². The molecule has 0 saturated heterocycles. The van der Waals surface area contributed by atoms with Crippen LogP contribution >= 0.6 is 0 Å². The van der Waals surface area contributed by atoms with Crippen molar-refractivity contribution in [2.24, 2.45) is 0 Å². The third-order valence-electron chi connectivity index (χ3n) is 11.3. The van der Waals surface area contributed by atoms with Crippen molar-refractivity contribution < 1.29 is 28.6 Å².